The molecule has 21 heavy (non-hydrogen) atoms. The number of para-hydroxylation sites is 1. The van der Waals surface area contributed by atoms with Crippen molar-refractivity contribution in [2.24, 2.45) is 5.73 Å². The Bertz CT molecular complexity index is 558. The molecule has 0 unspecified atom stereocenters. The van der Waals surface area contributed by atoms with Crippen LogP contribution in [0.25, 0.3) is 0 Å². The first kappa shape index (κ1) is 17.5. The summed E-state index contributed by atoms with van der Waals surface area (Å²) in [6.45, 7) is 2.91. The Kier molecular flexibility index (Phi) is 7.18. The molecule has 0 aliphatic carbocycles. The molecule has 0 heterocycles. The van der Waals surface area contributed by atoms with Gasteiger partial charge in [0.15, 0.2) is 0 Å². The highest BCUT2D eigenvalue weighted by Gasteiger charge is 2.16. The van der Waals surface area contributed by atoms with Gasteiger partial charge in [-0.05, 0) is 31.4 Å². The van der Waals surface area contributed by atoms with Gasteiger partial charge in [-0.2, -0.15) is 0 Å². The topological polar surface area (TPSA) is 101 Å². The molecule has 4 N–H and O–H groups in total. The molecular formula is C14H23N3O3S. The molecule has 0 aliphatic heterocycles. The van der Waals surface area contributed by atoms with Crippen molar-refractivity contribution in [2.75, 3.05) is 18.4 Å². The van der Waals surface area contributed by atoms with E-state index >= 15 is 0 Å². The van der Waals surface area contributed by atoms with Crippen molar-refractivity contribution in [1.82, 2.24) is 4.72 Å². The zero-order chi connectivity index (χ0) is 15.7. The molecule has 0 saturated carbocycles. The van der Waals surface area contributed by atoms with Crippen LogP contribution in [-0.4, -0.2) is 27.4 Å². The van der Waals surface area contributed by atoms with Gasteiger partial charge >= 0.3 is 0 Å². The summed E-state index contributed by atoms with van der Waals surface area (Å²) in [5.74, 6) is -0.318. The molecule has 7 heteroatoms. The van der Waals surface area contributed by atoms with Crippen molar-refractivity contribution in [1.29, 1.82) is 0 Å². The molecule has 1 aromatic carbocycles. The Balaban J connectivity index is 2.65. The number of amides is 1. The molecule has 0 aliphatic rings. The van der Waals surface area contributed by atoms with Crippen LogP contribution in [-0.2, 0) is 14.8 Å². The number of sulfonamides is 1. The molecule has 1 amide bonds. The molecule has 0 radical (unpaired) electrons. The van der Waals surface area contributed by atoms with Gasteiger partial charge in [-0.3, -0.25) is 4.79 Å². The lowest BCUT2D eigenvalue weighted by Gasteiger charge is -2.12. The maximum atomic E-state index is 12.2. The largest absolute Gasteiger partial charge is 0.384 e. The van der Waals surface area contributed by atoms with Gasteiger partial charge in [0.05, 0.1) is 5.69 Å². The maximum Gasteiger partial charge on any atom is 0.242 e. The highest BCUT2D eigenvalue weighted by atomic mass is 32.2. The Morgan fingerprint density at radius 1 is 1.19 bits per heavy atom. The number of hydrogen-bond donors (Lipinski definition) is 3. The number of carbonyl (C=O) groups excluding carboxylic acids is 1. The fraction of sp³-hybridized carbons (Fsp3) is 0.500. The number of anilines is 1. The van der Waals surface area contributed by atoms with Crippen LogP contribution in [0.3, 0.4) is 0 Å². The Labute approximate surface area is 126 Å². The van der Waals surface area contributed by atoms with E-state index in [2.05, 4.69) is 10.0 Å². The van der Waals surface area contributed by atoms with Crippen LogP contribution in [0.2, 0.25) is 0 Å². The third-order valence-electron chi connectivity index (χ3n) is 2.88. The first-order chi connectivity index (χ1) is 9.97. The summed E-state index contributed by atoms with van der Waals surface area (Å²) in [4.78, 5) is 10.9. The van der Waals surface area contributed by atoms with Gasteiger partial charge in [0.25, 0.3) is 0 Å². The molecule has 118 valence electrons. The lowest BCUT2D eigenvalue weighted by molar-refractivity contribution is -0.118. The van der Waals surface area contributed by atoms with Crippen LogP contribution >= 0.6 is 0 Å². The van der Waals surface area contributed by atoms with Gasteiger partial charge in [-0.15, -0.1) is 0 Å². The van der Waals surface area contributed by atoms with E-state index in [1.54, 1.807) is 24.3 Å². The molecule has 0 spiro atoms. The van der Waals surface area contributed by atoms with Crippen LogP contribution in [0.1, 0.15) is 32.6 Å². The molecule has 0 atom stereocenters. The molecule has 0 saturated heterocycles. The van der Waals surface area contributed by atoms with Crippen molar-refractivity contribution in [3.63, 3.8) is 0 Å². The van der Waals surface area contributed by atoms with Crippen LogP contribution in [0.4, 0.5) is 5.69 Å². The average molecular weight is 313 g/mol. The van der Waals surface area contributed by atoms with Gasteiger partial charge in [-0.1, -0.05) is 19.1 Å². The molecule has 1 rings (SSSR count). The second-order valence-corrected chi connectivity index (χ2v) is 6.48. The number of nitrogens with one attached hydrogen (secondary N) is 2. The first-order valence-corrected chi connectivity index (χ1v) is 8.56. The summed E-state index contributed by atoms with van der Waals surface area (Å²) in [7, 11) is -3.50. The Morgan fingerprint density at radius 3 is 2.57 bits per heavy atom. The lowest BCUT2D eigenvalue weighted by Crippen LogP contribution is -2.25. The average Bonchev–Trinajstić information content (AvgIpc) is 2.45. The zero-order valence-corrected chi connectivity index (χ0v) is 13.1. The quantitative estimate of drug-likeness (QED) is 0.569. The van der Waals surface area contributed by atoms with Gasteiger partial charge in [0, 0.05) is 19.5 Å². The molecular weight excluding hydrogens is 290 g/mol. The summed E-state index contributed by atoms with van der Waals surface area (Å²) in [6, 6.07) is 6.78. The van der Waals surface area contributed by atoms with Crippen LogP contribution in [0.5, 0.6) is 0 Å². The third-order valence-corrected chi connectivity index (χ3v) is 4.40. The number of primary amides is 1. The number of carbonyl (C=O) groups is 1. The molecule has 0 fully saturated rings. The van der Waals surface area contributed by atoms with E-state index in [1.165, 1.54) is 0 Å². The highest BCUT2D eigenvalue weighted by Crippen LogP contribution is 2.20. The van der Waals surface area contributed by atoms with E-state index in [4.69, 9.17) is 5.73 Å². The Morgan fingerprint density at radius 2 is 1.90 bits per heavy atom. The third kappa shape index (κ3) is 6.14. The van der Waals surface area contributed by atoms with E-state index < -0.39 is 10.0 Å². The van der Waals surface area contributed by atoms with Gasteiger partial charge < -0.3 is 11.1 Å². The Hall–Kier alpha value is -1.60. The number of rotatable bonds is 10. The van der Waals surface area contributed by atoms with Crippen molar-refractivity contribution < 1.29 is 13.2 Å². The molecule has 0 bridgehead atoms. The second-order valence-electron chi connectivity index (χ2n) is 4.74. The van der Waals surface area contributed by atoms with Crippen molar-refractivity contribution in [3.05, 3.63) is 24.3 Å². The van der Waals surface area contributed by atoms with Crippen molar-refractivity contribution in [3.8, 4) is 0 Å². The zero-order valence-electron chi connectivity index (χ0n) is 12.3. The molecule has 6 nitrogen and oxygen atoms in total. The fourth-order valence-corrected chi connectivity index (χ4v) is 3.12. The molecule has 1 aromatic rings. The predicted molar refractivity (Wildman–Crippen MR) is 83.5 cm³/mol. The van der Waals surface area contributed by atoms with E-state index in [9.17, 15) is 13.2 Å². The summed E-state index contributed by atoms with van der Waals surface area (Å²) < 4.78 is 26.9. The fourth-order valence-electron chi connectivity index (χ4n) is 1.81. The normalized spacial score (nSPS) is 11.3. The first-order valence-electron chi connectivity index (χ1n) is 7.08. The minimum atomic E-state index is -3.50. The maximum absolute atomic E-state index is 12.2. The smallest absolute Gasteiger partial charge is 0.242 e. The van der Waals surface area contributed by atoms with Gasteiger partial charge in [-0.25, -0.2) is 13.1 Å². The summed E-state index contributed by atoms with van der Waals surface area (Å²) in [5.41, 5.74) is 5.64. The highest BCUT2D eigenvalue weighted by molar-refractivity contribution is 7.89. The van der Waals surface area contributed by atoms with Crippen molar-refractivity contribution >= 4 is 21.6 Å². The lowest BCUT2D eigenvalue weighted by atomic mass is 10.2. The summed E-state index contributed by atoms with van der Waals surface area (Å²) in [5, 5.41) is 3.10. The van der Waals surface area contributed by atoms with Gasteiger partial charge in [0.1, 0.15) is 4.90 Å². The standard InChI is InChI=1S/C14H23N3O3S/c1-2-10-17-21(19,20)13-8-4-3-7-12(13)16-11-6-5-9-14(15)18/h3-4,7-8,16-17H,2,5-6,9-11H2,1H3,(H2,15,18). The summed E-state index contributed by atoms with van der Waals surface area (Å²) in [6.07, 6.45) is 2.52. The van der Waals surface area contributed by atoms with Crippen LogP contribution in [0, 0.1) is 0 Å². The van der Waals surface area contributed by atoms with Gasteiger partial charge in [0.2, 0.25) is 15.9 Å². The molecule has 0 aromatic heterocycles. The SMILES string of the molecule is CCCNS(=O)(=O)c1ccccc1NCCCCC(N)=O. The van der Waals surface area contributed by atoms with E-state index in [1.807, 2.05) is 6.92 Å². The number of nitrogens with two attached hydrogens (primary N) is 1. The number of benzene rings is 1. The monoisotopic (exact) mass is 313 g/mol. The van der Waals surface area contributed by atoms with Crippen LogP contribution < -0.4 is 15.8 Å². The second kappa shape index (κ2) is 8.63. The number of unbranched alkanes of at least 4 members (excludes halogenated alkanes) is 1. The minimum absolute atomic E-state index is 0.244. The van der Waals surface area contributed by atoms with Crippen molar-refractivity contribution in [2.45, 2.75) is 37.5 Å². The van der Waals surface area contributed by atoms with E-state index in [-0.39, 0.29) is 10.8 Å². The van der Waals surface area contributed by atoms with Crippen LogP contribution in [0.15, 0.2) is 29.2 Å². The van der Waals surface area contributed by atoms with E-state index in [0.717, 1.165) is 12.8 Å². The van der Waals surface area contributed by atoms with E-state index in [0.29, 0.717) is 31.6 Å². The predicted octanol–water partition coefficient (Wildman–Crippen LogP) is 1.44. The summed E-state index contributed by atoms with van der Waals surface area (Å²) >= 11 is 0. The number of hydrogen-bond acceptors (Lipinski definition) is 4. The minimum Gasteiger partial charge on any atom is -0.384 e.